The fraction of sp³-hybridized carbons (Fsp3) is 0.158. The number of rotatable bonds is 3. The van der Waals surface area contributed by atoms with Crippen LogP contribution in [0.5, 0.6) is 0 Å². The van der Waals surface area contributed by atoms with Gasteiger partial charge in [-0.05, 0) is 42.0 Å². The lowest BCUT2D eigenvalue weighted by atomic mass is 10.1. The third kappa shape index (κ3) is 3.54. The van der Waals surface area contributed by atoms with Crippen LogP contribution in [0.4, 0.5) is 10.1 Å². The number of fused-ring (bicyclic) bond motifs is 1. The van der Waals surface area contributed by atoms with E-state index in [2.05, 4.69) is 26.3 Å². The van der Waals surface area contributed by atoms with Crippen molar-refractivity contribution < 1.29 is 13.9 Å². The molecule has 3 aromatic rings. The Kier molecular flexibility index (Phi) is 4.57. The molecule has 1 N–H and O–H groups in total. The van der Waals surface area contributed by atoms with Crippen LogP contribution in [-0.2, 0) is 17.9 Å². The number of hydrogen-bond acceptors (Lipinski definition) is 3. The Morgan fingerprint density at radius 3 is 2.81 bits per heavy atom. The zero-order valence-corrected chi connectivity index (χ0v) is 15.2. The molecule has 5 nitrogen and oxygen atoms in total. The molecular weight excluding hydrogens is 401 g/mol. The third-order valence-electron chi connectivity index (χ3n) is 4.19. The summed E-state index contributed by atoms with van der Waals surface area (Å²) in [4.78, 5) is 12.4. The number of ether oxygens (including phenoxy) is 1. The first kappa shape index (κ1) is 16.9. The van der Waals surface area contributed by atoms with E-state index in [1.165, 1.54) is 12.1 Å². The Labute approximate surface area is 157 Å². The van der Waals surface area contributed by atoms with Gasteiger partial charge in [0.05, 0.1) is 18.8 Å². The molecule has 132 valence electrons. The monoisotopic (exact) mass is 415 g/mol. The number of hydrogen-bond donors (Lipinski definition) is 1. The Bertz CT molecular complexity index is 956. The van der Waals surface area contributed by atoms with E-state index in [4.69, 9.17) is 4.74 Å². The maximum absolute atomic E-state index is 13.2. The molecule has 26 heavy (non-hydrogen) atoms. The van der Waals surface area contributed by atoms with E-state index in [-0.39, 0.29) is 17.7 Å². The topological polar surface area (TPSA) is 56.2 Å². The van der Waals surface area contributed by atoms with Crippen molar-refractivity contribution in [2.24, 2.45) is 0 Å². The molecule has 0 bridgehead atoms. The van der Waals surface area contributed by atoms with Crippen molar-refractivity contribution in [2.75, 3.05) is 5.32 Å². The van der Waals surface area contributed by atoms with Crippen molar-refractivity contribution >= 4 is 27.5 Å². The summed E-state index contributed by atoms with van der Waals surface area (Å²) in [5.41, 5.74) is 2.57. The van der Waals surface area contributed by atoms with Crippen molar-refractivity contribution in [3.63, 3.8) is 0 Å². The van der Waals surface area contributed by atoms with E-state index < -0.39 is 5.82 Å². The predicted octanol–water partition coefficient (Wildman–Crippen LogP) is 4.31. The van der Waals surface area contributed by atoms with Gasteiger partial charge in [0.2, 0.25) is 0 Å². The summed E-state index contributed by atoms with van der Waals surface area (Å²) in [7, 11) is 0. The van der Waals surface area contributed by atoms with Crippen molar-refractivity contribution in [1.82, 2.24) is 9.78 Å². The van der Waals surface area contributed by atoms with Gasteiger partial charge in [-0.2, -0.15) is 5.10 Å². The van der Waals surface area contributed by atoms with Crippen LogP contribution in [0.15, 0.2) is 59.1 Å². The molecule has 1 aromatic heterocycles. The summed E-state index contributed by atoms with van der Waals surface area (Å²) in [5.74, 6) is -0.782. The number of amides is 1. The summed E-state index contributed by atoms with van der Waals surface area (Å²) in [5, 5.41) is 7.04. The van der Waals surface area contributed by atoms with Crippen molar-refractivity contribution in [3.05, 3.63) is 81.8 Å². The molecule has 1 unspecified atom stereocenters. The van der Waals surface area contributed by atoms with Crippen LogP contribution >= 0.6 is 15.9 Å². The van der Waals surface area contributed by atoms with Gasteiger partial charge in [-0.1, -0.05) is 34.1 Å². The first-order valence-electron chi connectivity index (χ1n) is 8.09. The van der Waals surface area contributed by atoms with Gasteiger partial charge in [-0.15, -0.1) is 0 Å². The van der Waals surface area contributed by atoms with E-state index in [0.29, 0.717) is 18.8 Å². The molecule has 0 fully saturated rings. The molecule has 2 heterocycles. The molecule has 1 atom stereocenters. The number of carbonyl (C=O) groups is 1. The Balaban J connectivity index is 1.50. The molecule has 1 amide bonds. The van der Waals surface area contributed by atoms with E-state index in [1.807, 2.05) is 24.3 Å². The van der Waals surface area contributed by atoms with Crippen LogP contribution in [-0.4, -0.2) is 15.7 Å². The number of benzene rings is 2. The highest BCUT2D eigenvalue weighted by atomic mass is 79.9. The first-order chi connectivity index (χ1) is 12.6. The summed E-state index contributed by atoms with van der Waals surface area (Å²) < 4.78 is 21.9. The van der Waals surface area contributed by atoms with Crippen LogP contribution in [0.3, 0.4) is 0 Å². The largest absolute Gasteiger partial charge is 0.365 e. The van der Waals surface area contributed by atoms with E-state index in [0.717, 1.165) is 15.7 Å². The molecule has 0 saturated carbocycles. The fourth-order valence-corrected chi connectivity index (χ4v) is 3.14. The van der Waals surface area contributed by atoms with Crippen LogP contribution in [0.25, 0.3) is 0 Å². The molecule has 0 spiro atoms. The smallest absolute Gasteiger partial charge is 0.276 e. The van der Waals surface area contributed by atoms with E-state index in [1.54, 1.807) is 22.9 Å². The minimum atomic E-state index is -0.405. The zero-order chi connectivity index (χ0) is 18.1. The van der Waals surface area contributed by atoms with Gasteiger partial charge in [0, 0.05) is 10.2 Å². The Morgan fingerprint density at radius 2 is 2.04 bits per heavy atom. The molecule has 4 rings (SSSR count). The highest BCUT2D eigenvalue weighted by Crippen LogP contribution is 2.27. The molecule has 0 radical (unpaired) electrons. The maximum atomic E-state index is 13.2. The molecule has 2 aromatic carbocycles. The lowest BCUT2D eigenvalue weighted by Gasteiger charge is -2.24. The van der Waals surface area contributed by atoms with Gasteiger partial charge in [0.1, 0.15) is 11.9 Å². The summed E-state index contributed by atoms with van der Waals surface area (Å²) in [6, 6.07) is 15.4. The molecule has 1 aliphatic heterocycles. The van der Waals surface area contributed by atoms with Crippen molar-refractivity contribution in [3.8, 4) is 0 Å². The van der Waals surface area contributed by atoms with Gasteiger partial charge >= 0.3 is 0 Å². The highest BCUT2D eigenvalue weighted by molar-refractivity contribution is 9.10. The minimum absolute atomic E-state index is 0.116. The van der Waals surface area contributed by atoms with Gasteiger partial charge in [0.15, 0.2) is 5.69 Å². The van der Waals surface area contributed by atoms with Gasteiger partial charge in [0.25, 0.3) is 5.91 Å². The predicted molar refractivity (Wildman–Crippen MR) is 98.3 cm³/mol. The highest BCUT2D eigenvalue weighted by Gasteiger charge is 2.24. The van der Waals surface area contributed by atoms with E-state index >= 15 is 0 Å². The fourth-order valence-electron chi connectivity index (χ4n) is 2.88. The second-order valence-electron chi connectivity index (χ2n) is 6.02. The first-order valence-corrected chi connectivity index (χ1v) is 8.88. The van der Waals surface area contributed by atoms with Crippen LogP contribution in [0.2, 0.25) is 0 Å². The maximum Gasteiger partial charge on any atom is 0.276 e. The quantitative estimate of drug-likeness (QED) is 0.693. The van der Waals surface area contributed by atoms with Crippen LogP contribution < -0.4 is 5.32 Å². The van der Waals surface area contributed by atoms with Gasteiger partial charge in [-0.3, -0.25) is 9.48 Å². The normalized spacial score (nSPS) is 16.2. The number of nitrogens with zero attached hydrogens (tertiary/aromatic N) is 2. The third-order valence-corrected chi connectivity index (χ3v) is 4.72. The summed E-state index contributed by atoms with van der Waals surface area (Å²) in [6.45, 7) is 0.908. The Hall–Kier alpha value is -2.51. The number of nitrogens with one attached hydrogen (secondary N) is 1. The number of aromatic nitrogens is 2. The Morgan fingerprint density at radius 1 is 1.23 bits per heavy atom. The zero-order valence-electron chi connectivity index (χ0n) is 13.7. The molecule has 0 saturated heterocycles. The van der Waals surface area contributed by atoms with Crippen LogP contribution in [0.1, 0.15) is 27.8 Å². The van der Waals surface area contributed by atoms with Crippen molar-refractivity contribution in [1.29, 1.82) is 0 Å². The standard InChI is InChI=1S/C19H15BrFN3O2/c20-13-6-4-12(5-7-13)18-10-24-16(11-26-18)9-17(23-24)19(25)22-15-3-1-2-14(21)8-15/h1-9,18H,10-11H2,(H,22,25). The molecule has 7 heteroatoms. The SMILES string of the molecule is O=C(Nc1cccc(F)c1)c1cc2n(n1)CC(c1ccc(Br)cc1)OC2. The second-order valence-corrected chi connectivity index (χ2v) is 6.93. The molecular formula is C19H15BrFN3O2. The van der Waals surface area contributed by atoms with Gasteiger partial charge < -0.3 is 10.1 Å². The average Bonchev–Trinajstić information content (AvgIpc) is 3.06. The number of carbonyl (C=O) groups excluding carboxylic acids is 1. The number of halogens is 2. The summed E-state index contributed by atoms with van der Waals surface area (Å²) in [6.07, 6.45) is -0.116. The molecule has 0 aliphatic carbocycles. The minimum Gasteiger partial charge on any atom is -0.365 e. The van der Waals surface area contributed by atoms with Gasteiger partial charge in [-0.25, -0.2) is 4.39 Å². The lowest BCUT2D eigenvalue weighted by molar-refractivity contribution is -0.00119. The van der Waals surface area contributed by atoms with Crippen LogP contribution in [0, 0.1) is 5.82 Å². The van der Waals surface area contributed by atoms with Crippen molar-refractivity contribution in [2.45, 2.75) is 19.3 Å². The second kappa shape index (κ2) is 7.01. The van der Waals surface area contributed by atoms with E-state index in [9.17, 15) is 9.18 Å². The number of anilines is 1. The summed E-state index contributed by atoms with van der Waals surface area (Å²) >= 11 is 3.42. The molecule has 1 aliphatic rings. The lowest BCUT2D eigenvalue weighted by Crippen LogP contribution is -2.22. The average molecular weight is 416 g/mol.